The molecule has 0 atom stereocenters. The summed E-state index contributed by atoms with van der Waals surface area (Å²) >= 11 is 6.29. The fourth-order valence-corrected chi connectivity index (χ4v) is 3.18. The summed E-state index contributed by atoms with van der Waals surface area (Å²) in [6.45, 7) is 0. The van der Waals surface area contributed by atoms with Gasteiger partial charge in [0.1, 0.15) is 5.82 Å². The van der Waals surface area contributed by atoms with E-state index in [1.54, 1.807) is 48.7 Å². The van der Waals surface area contributed by atoms with E-state index >= 15 is 0 Å². The molecule has 0 spiro atoms. The van der Waals surface area contributed by atoms with E-state index in [0.717, 1.165) is 0 Å². The number of benzene rings is 2. The van der Waals surface area contributed by atoms with Gasteiger partial charge in [0.15, 0.2) is 0 Å². The first kappa shape index (κ1) is 18.5. The lowest BCUT2D eigenvalue weighted by Crippen LogP contribution is -2.22. The van der Waals surface area contributed by atoms with E-state index in [1.807, 2.05) is 12.1 Å². The van der Waals surface area contributed by atoms with Crippen LogP contribution >= 0.6 is 11.6 Å². The maximum Gasteiger partial charge on any atom is 0.271 e. The lowest BCUT2D eigenvalue weighted by Gasteiger charge is -2.12. The Bertz CT molecular complexity index is 1320. The largest absolute Gasteiger partial charge is 0.271 e. The van der Waals surface area contributed by atoms with Gasteiger partial charge in [-0.05, 0) is 42.5 Å². The van der Waals surface area contributed by atoms with E-state index < -0.39 is 4.92 Å². The van der Waals surface area contributed by atoms with E-state index in [-0.39, 0.29) is 16.3 Å². The average molecular weight is 405 g/mol. The van der Waals surface area contributed by atoms with Crippen LogP contribution in [0.4, 0.5) is 5.69 Å². The number of hydrogen-bond donors (Lipinski definition) is 0. The summed E-state index contributed by atoms with van der Waals surface area (Å²) in [4.78, 5) is 32.5. The summed E-state index contributed by atoms with van der Waals surface area (Å²) in [5, 5.41) is 11.5. The molecule has 0 aliphatic rings. The van der Waals surface area contributed by atoms with E-state index in [4.69, 9.17) is 11.6 Å². The van der Waals surface area contributed by atoms with Crippen LogP contribution in [0.1, 0.15) is 11.5 Å². The molecule has 0 N–H and O–H groups in total. The minimum Gasteiger partial charge on any atom is -0.268 e. The molecule has 29 heavy (non-hydrogen) atoms. The summed E-state index contributed by atoms with van der Waals surface area (Å²) in [6, 6.07) is 16.4. The van der Waals surface area contributed by atoms with Crippen molar-refractivity contribution in [3.8, 4) is 5.69 Å². The zero-order valence-corrected chi connectivity index (χ0v) is 15.7. The van der Waals surface area contributed by atoms with Crippen LogP contribution in [-0.4, -0.2) is 19.5 Å². The zero-order chi connectivity index (χ0) is 20.4. The highest BCUT2D eigenvalue weighted by atomic mass is 35.5. The quantitative estimate of drug-likeness (QED) is 0.368. The van der Waals surface area contributed by atoms with E-state index in [9.17, 15) is 14.9 Å². The summed E-state index contributed by atoms with van der Waals surface area (Å²) < 4.78 is 1.34. The molecule has 2 aromatic heterocycles. The molecule has 0 fully saturated rings. The van der Waals surface area contributed by atoms with Crippen molar-refractivity contribution in [3.63, 3.8) is 0 Å². The molecule has 0 aliphatic heterocycles. The summed E-state index contributed by atoms with van der Waals surface area (Å²) in [5.74, 6) is 0.329. The predicted molar refractivity (Wildman–Crippen MR) is 112 cm³/mol. The van der Waals surface area contributed by atoms with Gasteiger partial charge in [0.25, 0.3) is 11.2 Å². The minimum absolute atomic E-state index is 0.0749. The van der Waals surface area contributed by atoms with E-state index in [0.29, 0.717) is 28.1 Å². The average Bonchev–Trinajstić information content (AvgIpc) is 2.73. The second-order valence-corrected chi connectivity index (χ2v) is 6.52. The van der Waals surface area contributed by atoms with Crippen LogP contribution in [-0.2, 0) is 0 Å². The maximum atomic E-state index is 13.2. The van der Waals surface area contributed by atoms with Crippen LogP contribution in [0.3, 0.4) is 0 Å². The number of nitro groups is 1. The Hall–Kier alpha value is -3.84. The number of nitro benzene ring substituents is 1. The molecule has 4 aromatic rings. The molecule has 7 nitrogen and oxygen atoms in total. The molecule has 2 aromatic carbocycles. The van der Waals surface area contributed by atoms with Gasteiger partial charge in [-0.25, -0.2) is 4.98 Å². The molecular weight excluding hydrogens is 392 g/mol. The smallest absolute Gasteiger partial charge is 0.268 e. The highest BCUT2D eigenvalue weighted by Gasteiger charge is 2.16. The number of nitrogens with zero attached hydrogens (tertiary/aromatic N) is 4. The monoisotopic (exact) mass is 404 g/mol. The van der Waals surface area contributed by atoms with Gasteiger partial charge in [-0.1, -0.05) is 29.8 Å². The van der Waals surface area contributed by atoms with Gasteiger partial charge in [-0.2, -0.15) is 0 Å². The van der Waals surface area contributed by atoms with Crippen molar-refractivity contribution in [2.24, 2.45) is 0 Å². The first-order valence-electron chi connectivity index (χ1n) is 8.60. The molecular formula is C21H13ClN4O3. The van der Waals surface area contributed by atoms with Crippen LogP contribution in [0.15, 0.2) is 71.7 Å². The molecule has 142 valence electrons. The van der Waals surface area contributed by atoms with Gasteiger partial charge < -0.3 is 0 Å². The Kier molecular flexibility index (Phi) is 4.88. The topological polar surface area (TPSA) is 90.9 Å². The Balaban J connectivity index is 1.96. The van der Waals surface area contributed by atoms with Crippen molar-refractivity contribution in [1.82, 2.24) is 14.5 Å². The fraction of sp³-hybridized carbons (Fsp3) is 0. The van der Waals surface area contributed by atoms with Crippen molar-refractivity contribution in [2.45, 2.75) is 0 Å². The number of non-ortho nitro benzene ring substituents is 1. The van der Waals surface area contributed by atoms with Crippen LogP contribution in [0, 0.1) is 10.1 Å². The van der Waals surface area contributed by atoms with E-state index in [2.05, 4.69) is 9.97 Å². The Labute approximate surface area is 169 Å². The highest BCUT2D eigenvalue weighted by molar-refractivity contribution is 6.32. The number of para-hydroxylation sites is 1. The summed E-state index contributed by atoms with van der Waals surface area (Å²) in [7, 11) is 0. The molecule has 8 heteroatoms. The van der Waals surface area contributed by atoms with Crippen molar-refractivity contribution in [1.29, 1.82) is 0 Å². The fourth-order valence-electron chi connectivity index (χ4n) is 2.92. The van der Waals surface area contributed by atoms with Gasteiger partial charge in [-0.15, -0.1) is 0 Å². The first-order valence-corrected chi connectivity index (χ1v) is 8.97. The standard InChI is InChI=1S/C21H13ClN4O3/c22-17-13-15(26(28)29)9-10-19(17)25-20(11-8-14-5-3-4-12-23-14)24-18-7-2-1-6-16(18)21(25)27/h1-13H. The Morgan fingerprint density at radius 1 is 1.03 bits per heavy atom. The lowest BCUT2D eigenvalue weighted by atomic mass is 10.2. The maximum absolute atomic E-state index is 13.2. The third-order valence-electron chi connectivity index (χ3n) is 4.28. The molecule has 0 saturated carbocycles. The number of fused-ring (bicyclic) bond motifs is 1. The highest BCUT2D eigenvalue weighted by Crippen LogP contribution is 2.26. The zero-order valence-electron chi connectivity index (χ0n) is 14.9. The number of halogens is 1. The van der Waals surface area contributed by atoms with Crippen LogP contribution < -0.4 is 5.56 Å². The van der Waals surface area contributed by atoms with Crippen LogP contribution in [0.5, 0.6) is 0 Å². The van der Waals surface area contributed by atoms with Gasteiger partial charge in [0, 0.05) is 18.3 Å². The second kappa shape index (κ2) is 7.65. The van der Waals surface area contributed by atoms with Gasteiger partial charge in [0.2, 0.25) is 0 Å². The SMILES string of the molecule is O=c1c2ccccc2nc(C=Cc2ccccn2)n1-c1ccc([N+](=O)[O-])cc1Cl. The minimum atomic E-state index is -0.543. The molecule has 4 rings (SSSR count). The van der Waals surface area contributed by atoms with Crippen molar-refractivity contribution in [2.75, 3.05) is 0 Å². The number of pyridine rings is 1. The predicted octanol–water partition coefficient (Wildman–Crippen LogP) is 4.51. The van der Waals surface area contributed by atoms with Crippen molar-refractivity contribution in [3.05, 3.63) is 104 Å². The molecule has 0 amide bonds. The molecule has 0 bridgehead atoms. The van der Waals surface area contributed by atoms with Gasteiger partial charge in [-0.3, -0.25) is 24.5 Å². The number of hydrogen-bond acceptors (Lipinski definition) is 5. The van der Waals surface area contributed by atoms with Crippen molar-refractivity contribution < 1.29 is 4.92 Å². The third kappa shape index (κ3) is 3.63. The number of rotatable bonds is 4. The van der Waals surface area contributed by atoms with Crippen LogP contribution in [0.25, 0.3) is 28.7 Å². The Morgan fingerprint density at radius 2 is 1.83 bits per heavy atom. The van der Waals surface area contributed by atoms with Crippen molar-refractivity contribution >= 4 is 40.3 Å². The molecule has 2 heterocycles. The van der Waals surface area contributed by atoms with Gasteiger partial charge in [0.05, 0.1) is 32.2 Å². The number of aromatic nitrogens is 3. The summed E-state index contributed by atoms with van der Waals surface area (Å²) in [6.07, 6.45) is 5.05. The molecule has 0 saturated heterocycles. The second-order valence-electron chi connectivity index (χ2n) is 6.11. The third-order valence-corrected chi connectivity index (χ3v) is 4.58. The summed E-state index contributed by atoms with van der Waals surface area (Å²) in [5.41, 5.74) is 1.04. The Morgan fingerprint density at radius 3 is 2.55 bits per heavy atom. The van der Waals surface area contributed by atoms with E-state index in [1.165, 1.54) is 22.8 Å². The molecule has 0 unspecified atom stereocenters. The molecule has 0 radical (unpaired) electrons. The first-order chi connectivity index (χ1) is 14.0. The lowest BCUT2D eigenvalue weighted by molar-refractivity contribution is -0.384. The normalized spacial score (nSPS) is 11.2. The van der Waals surface area contributed by atoms with Crippen LogP contribution in [0.2, 0.25) is 5.02 Å². The molecule has 0 aliphatic carbocycles. The van der Waals surface area contributed by atoms with Gasteiger partial charge >= 0.3 is 0 Å².